The van der Waals surface area contributed by atoms with E-state index in [1.54, 1.807) is 25.5 Å². The Kier molecular flexibility index (Phi) is 4.98. The molecule has 1 saturated heterocycles. The van der Waals surface area contributed by atoms with E-state index in [0.29, 0.717) is 6.54 Å². The molecule has 0 unspecified atom stereocenters. The van der Waals surface area contributed by atoms with Gasteiger partial charge in [0.2, 0.25) is 0 Å². The smallest absolute Gasteiger partial charge is 0.410 e. The molecule has 1 aliphatic heterocycles. The van der Waals surface area contributed by atoms with Crippen LogP contribution in [0.5, 0.6) is 0 Å². The molecule has 18 heavy (non-hydrogen) atoms. The van der Waals surface area contributed by atoms with Gasteiger partial charge in [0, 0.05) is 19.6 Å². The Morgan fingerprint density at radius 3 is 2.44 bits per heavy atom. The monoisotopic (exact) mass is 258 g/mol. The molecule has 1 amide bonds. The van der Waals surface area contributed by atoms with Crippen molar-refractivity contribution < 1.29 is 24.5 Å². The molecular formula is C10H19BN2O5. The maximum atomic E-state index is 11.8. The number of hydrogen-bond donors (Lipinski definition) is 2. The Balaban J connectivity index is 2.73. The topological polar surface area (TPSA) is 90.3 Å². The van der Waals surface area contributed by atoms with E-state index in [2.05, 4.69) is 0 Å². The first-order valence-corrected chi connectivity index (χ1v) is 5.95. The summed E-state index contributed by atoms with van der Waals surface area (Å²) in [5.74, 6) is -1.10. The van der Waals surface area contributed by atoms with E-state index in [1.807, 2.05) is 0 Å². The lowest BCUT2D eigenvalue weighted by molar-refractivity contribution is -0.144. The van der Waals surface area contributed by atoms with E-state index in [-0.39, 0.29) is 19.2 Å². The standard InChI is InChI=1S/C10H19BN2O5/c1-7(2)18-10(16)13-5-4-12(11(3)17)6-8(13)9(14)15/h7-8,17H,4-6H2,1-3H3,(H,14,15)/t8-/m1/s1. The summed E-state index contributed by atoms with van der Waals surface area (Å²) in [6.07, 6.45) is -0.913. The number of piperazine rings is 1. The van der Waals surface area contributed by atoms with Crippen molar-refractivity contribution in [3.63, 3.8) is 0 Å². The van der Waals surface area contributed by atoms with Crippen LogP contribution in [0.3, 0.4) is 0 Å². The summed E-state index contributed by atoms with van der Waals surface area (Å²) in [6, 6.07) is -0.986. The summed E-state index contributed by atoms with van der Waals surface area (Å²) in [6.45, 7) is 5.74. The van der Waals surface area contributed by atoms with Gasteiger partial charge in [0.05, 0.1) is 6.10 Å². The Morgan fingerprint density at radius 2 is 2.00 bits per heavy atom. The molecule has 8 heteroatoms. The molecule has 0 radical (unpaired) electrons. The Labute approximate surface area is 106 Å². The molecule has 1 fully saturated rings. The molecule has 102 valence electrons. The summed E-state index contributed by atoms with van der Waals surface area (Å²) >= 11 is 0. The highest BCUT2D eigenvalue weighted by Gasteiger charge is 2.38. The molecule has 0 bridgehead atoms. The summed E-state index contributed by atoms with van der Waals surface area (Å²) in [5, 5.41) is 18.6. The number of carbonyl (C=O) groups is 2. The van der Waals surface area contributed by atoms with Gasteiger partial charge in [-0.2, -0.15) is 0 Å². The fourth-order valence-electron chi connectivity index (χ4n) is 1.84. The maximum Gasteiger partial charge on any atom is 0.410 e. The van der Waals surface area contributed by atoms with Gasteiger partial charge in [-0.05, 0) is 20.7 Å². The van der Waals surface area contributed by atoms with E-state index >= 15 is 0 Å². The van der Waals surface area contributed by atoms with Gasteiger partial charge in [0.1, 0.15) is 6.04 Å². The largest absolute Gasteiger partial charge is 0.480 e. The fraction of sp³-hybridized carbons (Fsp3) is 0.800. The number of rotatable bonds is 3. The highest BCUT2D eigenvalue weighted by molar-refractivity contribution is 6.45. The van der Waals surface area contributed by atoms with E-state index < -0.39 is 25.2 Å². The van der Waals surface area contributed by atoms with Crippen LogP contribution in [-0.4, -0.2) is 70.7 Å². The van der Waals surface area contributed by atoms with Crippen LogP contribution in [0.4, 0.5) is 4.79 Å². The van der Waals surface area contributed by atoms with Crippen molar-refractivity contribution in [1.29, 1.82) is 0 Å². The van der Waals surface area contributed by atoms with Gasteiger partial charge in [-0.1, -0.05) is 0 Å². The zero-order valence-corrected chi connectivity index (χ0v) is 10.9. The molecule has 0 aromatic carbocycles. The lowest BCUT2D eigenvalue weighted by atomic mass is 9.83. The molecule has 0 aliphatic carbocycles. The van der Waals surface area contributed by atoms with Crippen LogP contribution in [0, 0.1) is 0 Å². The molecular weight excluding hydrogens is 239 g/mol. The van der Waals surface area contributed by atoms with Crippen LogP contribution in [0.15, 0.2) is 0 Å². The van der Waals surface area contributed by atoms with Crippen molar-refractivity contribution in [1.82, 2.24) is 9.71 Å². The van der Waals surface area contributed by atoms with Crippen LogP contribution in [0.2, 0.25) is 6.82 Å². The molecule has 1 rings (SSSR count). The average Bonchev–Trinajstić information content (AvgIpc) is 2.26. The van der Waals surface area contributed by atoms with E-state index in [0.717, 1.165) is 0 Å². The minimum atomic E-state index is -1.10. The summed E-state index contributed by atoms with van der Waals surface area (Å²) in [5.41, 5.74) is 0. The Bertz CT molecular complexity index is 323. The van der Waals surface area contributed by atoms with Crippen molar-refractivity contribution in [2.24, 2.45) is 0 Å². The molecule has 0 aromatic heterocycles. The van der Waals surface area contributed by atoms with Crippen LogP contribution >= 0.6 is 0 Å². The summed E-state index contributed by atoms with van der Waals surface area (Å²) in [4.78, 5) is 25.7. The summed E-state index contributed by atoms with van der Waals surface area (Å²) in [7, 11) is -0.727. The second-order valence-corrected chi connectivity index (χ2v) is 4.61. The van der Waals surface area contributed by atoms with Crippen LogP contribution in [0.25, 0.3) is 0 Å². The molecule has 0 saturated carbocycles. The van der Waals surface area contributed by atoms with E-state index in [4.69, 9.17) is 9.84 Å². The number of carbonyl (C=O) groups excluding carboxylic acids is 1. The zero-order chi connectivity index (χ0) is 13.9. The second-order valence-electron chi connectivity index (χ2n) is 4.61. The number of carboxylic acids is 1. The predicted molar refractivity (Wildman–Crippen MR) is 65.2 cm³/mol. The number of carboxylic acid groups (broad SMARTS) is 1. The number of hydrogen-bond acceptors (Lipinski definition) is 5. The van der Waals surface area contributed by atoms with Gasteiger partial charge in [-0.3, -0.25) is 4.90 Å². The van der Waals surface area contributed by atoms with Gasteiger partial charge in [-0.15, -0.1) is 0 Å². The van der Waals surface area contributed by atoms with E-state index in [1.165, 1.54) is 4.90 Å². The van der Waals surface area contributed by atoms with Gasteiger partial charge >= 0.3 is 19.1 Å². The molecule has 1 heterocycles. The molecule has 1 aliphatic rings. The first-order valence-electron chi connectivity index (χ1n) is 5.95. The van der Waals surface area contributed by atoms with Crippen molar-refractivity contribution >= 4 is 19.1 Å². The number of ether oxygens (including phenoxy) is 1. The van der Waals surface area contributed by atoms with Crippen molar-refractivity contribution in [2.75, 3.05) is 19.6 Å². The number of nitrogens with zero attached hydrogens (tertiary/aromatic N) is 2. The fourth-order valence-corrected chi connectivity index (χ4v) is 1.84. The Morgan fingerprint density at radius 1 is 1.39 bits per heavy atom. The lowest BCUT2D eigenvalue weighted by Gasteiger charge is -2.39. The van der Waals surface area contributed by atoms with Gasteiger partial charge < -0.3 is 19.7 Å². The van der Waals surface area contributed by atoms with Gasteiger partial charge in [0.25, 0.3) is 0 Å². The highest BCUT2D eigenvalue weighted by Crippen LogP contribution is 2.13. The van der Waals surface area contributed by atoms with Gasteiger partial charge in [-0.25, -0.2) is 9.59 Å². The average molecular weight is 258 g/mol. The van der Waals surface area contributed by atoms with Crippen molar-refractivity contribution in [3.05, 3.63) is 0 Å². The normalized spacial score (nSPS) is 20.9. The maximum absolute atomic E-state index is 11.8. The molecule has 0 aromatic rings. The lowest BCUT2D eigenvalue weighted by Crippen LogP contribution is -2.61. The predicted octanol–water partition coefficient (Wildman–Crippen LogP) is -0.287. The van der Waals surface area contributed by atoms with Gasteiger partial charge in [0.15, 0.2) is 0 Å². The molecule has 2 N–H and O–H groups in total. The number of amides is 1. The quantitative estimate of drug-likeness (QED) is 0.676. The first kappa shape index (κ1) is 14.8. The third kappa shape index (κ3) is 3.61. The summed E-state index contributed by atoms with van der Waals surface area (Å²) < 4.78 is 5.01. The van der Waals surface area contributed by atoms with Crippen LogP contribution in [0.1, 0.15) is 13.8 Å². The highest BCUT2D eigenvalue weighted by atomic mass is 16.6. The van der Waals surface area contributed by atoms with Crippen LogP contribution < -0.4 is 0 Å². The molecule has 0 spiro atoms. The van der Waals surface area contributed by atoms with Crippen molar-refractivity contribution in [2.45, 2.75) is 32.8 Å². The van der Waals surface area contributed by atoms with Crippen LogP contribution in [-0.2, 0) is 9.53 Å². The Hall–Kier alpha value is -1.28. The molecule has 7 nitrogen and oxygen atoms in total. The SMILES string of the molecule is CB(O)N1CCN(C(=O)OC(C)C)[C@@H](C(=O)O)C1. The first-order chi connectivity index (χ1) is 8.32. The van der Waals surface area contributed by atoms with E-state index in [9.17, 15) is 14.6 Å². The molecule has 1 atom stereocenters. The zero-order valence-electron chi connectivity index (χ0n) is 10.9. The second kappa shape index (κ2) is 6.06. The third-order valence-corrected chi connectivity index (χ3v) is 2.80. The minimum absolute atomic E-state index is 0.0974. The number of aliphatic carboxylic acids is 1. The van der Waals surface area contributed by atoms with Crippen molar-refractivity contribution in [3.8, 4) is 0 Å². The minimum Gasteiger partial charge on any atom is -0.480 e. The third-order valence-electron chi connectivity index (χ3n) is 2.80.